The van der Waals surface area contributed by atoms with Crippen LogP contribution in [0.15, 0.2) is 42.6 Å². The highest BCUT2D eigenvalue weighted by Gasteiger charge is 2.30. The summed E-state index contributed by atoms with van der Waals surface area (Å²) in [5.74, 6) is 0.516. The van der Waals surface area contributed by atoms with E-state index in [0.717, 1.165) is 57.7 Å². The van der Waals surface area contributed by atoms with Crippen molar-refractivity contribution in [3.05, 3.63) is 65.0 Å². The molecule has 4 rings (SSSR count). The summed E-state index contributed by atoms with van der Waals surface area (Å²) < 4.78 is 0. The number of piperazine rings is 1. The fourth-order valence-electron chi connectivity index (χ4n) is 4.19. The first-order valence-electron chi connectivity index (χ1n) is 9.69. The zero-order chi connectivity index (χ0) is 17.9. The molecule has 2 aromatic rings. The van der Waals surface area contributed by atoms with E-state index < -0.39 is 0 Å². The molecule has 1 saturated heterocycles. The Balaban J connectivity index is 1.32. The van der Waals surface area contributed by atoms with Crippen molar-refractivity contribution in [1.29, 1.82) is 0 Å². The van der Waals surface area contributed by atoms with Gasteiger partial charge in [-0.25, -0.2) is 0 Å². The number of nitrogens with zero attached hydrogens (tertiary/aromatic N) is 3. The van der Waals surface area contributed by atoms with Crippen LogP contribution in [0.5, 0.6) is 0 Å². The number of rotatable bonds is 3. The van der Waals surface area contributed by atoms with E-state index in [-0.39, 0.29) is 5.92 Å². The number of carbonyl (C=O) groups excluding carboxylic acids is 1. The molecule has 4 nitrogen and oxygen atoms in total. The quantitative estimate of drug-likeness (QED) is 0.855. The Morgan fingerprint density at radius 3 is 2.62 bits per heavy atom. The zero-order valence-electron chi connectivity index (χ0n) is 15.5. The van der Waals surface area contributed by atoms with Gasteiger partial charge in [0.05, 0.1) is 5.69 Å². The van der Waals surface area contributed by atoms with Crippen molar-refractivity contribution in [1.82, 2.24) is 14.8 Å². The Morgan fingerprint density at radius 2 is 1.85 bits per heavy atom. The van der Waals surface area contributed by atoms with E-state index in [2.05, 4.69) is 52.0 Å². The molecule has 0 unspecified atom stereocenters. The van der Waals surface area contributed by atoms with Gasteiger partial charge in [-0.3, -0.25) is 14.7 Å². The molecule has 4 heteroatoms. The maximum atomic E-state index is 13.0. The maximum Gasteiger partial charge on any atom is 0.226 e. The van der Waals surface area contributed by atoms with E-state index in [4.69, 9.17) is 0 Å². The predicted octanol–water partition coefficient (Wildman–Crippen LogP) is 2.84. The molecule has 1 aromatic heterocycles. The minimum atomic E-state index is 0.162. The molecule has 136 valence electrons. The Hall–Kier alpha value is -2.20. The first-order chi connectivity index (χ1) is 12.7. The third-order valence-corrected chi connectivity index (χ3v) is 5.87. The van der Waals surface area contributed by atoms with Gasteiger partial charge < -0.3 is 4.90 Å². The van der Waals surface area contributed by atoms with Crippen LogP contribution in [0.1, 0.15) is 28.8 Å². The normalized spacial score (nSPS) is 20.7. The van der Waals surface area contributed by atoms with Crippen molar-refractivity contribution in [2.45, 2.75) is 32.7 Å². The van der Waals surface area contributed by atoms with Crippen LogP contribution in [-0.4, -0.2) is 46.9 Å². The summed E-state index contributed by atoms with van der Waals surface area (Å²) in [6.07, 6.45) is 4.79. The first kappa shape index (κ1) is 17.2. The van der Waals surface area contributed by atoms with E-state index in [0.29, 0.717) is 5.91 Å². The molecule has 26 heavy (non-hydrogen) atoms. The molecule has 1 aliphatic heterocycles. The summed E-state index contributed by atoms with van der Waals surface area (Å²) >= 11 is 0. The van der Waals surface area contributed by atoms with Gasteiger partial charge in [0.15, 0.2) is 0 Å². The van der Waals surface area contributed by atoms with Crippen molar-refractivity contribution < 1.29 is 4.79 Å². The largest absolute Gasteiger partial charge is 0.340 e. The highest BCUT2D eigenvalue weighted by atomic mass is 16.2. The monoisotopic (exact) mass is 349 g/mol. The molecule has 1 aliphatic carbocycles. The van der Waals surface area contributed by atoms with Crippen molar-refractivity contribution in [2.75, 3.05) is 26.2 Å². The van der Waals surface area contributed by atoms with E-state index in [1.165, 1.54) is 16.7 Å². The van der Waals surface area contributed by atoms with Gasteiger partial charge in [-0.2, -0.15) is 0 Å². The van der Waals surface area contributed by atoms with Gasteiger partial charge in [0, 0.05) is 44.8 Å². The van der Waals surface area contributed by atoms with Crippen LogP contribution >= 0.6 is 0 Å². The molecule has 1 amide bonds. The van der Waals surface area contributed by atoms with Gasteiger partial charge in [0.25, 0.3) is 0 Å². The SMILES string of the molecule is Cc1cccnc1CN1CCN(C(=O)[C@@H]2CCc3ccccc3C2)CC1. The Labute approximate surface area is 155 Å². The number of amides is 1. The van der Waals surface area contributed by atoms with E-state index in [9.17, 15) is 4.79 Å². The lowest BCUT2D eigenvalue weighted by molar-refractivity contribution is -0.137. The molecule has 0 N–H and O–H groups in total. The number of pyridine rings is 1. The van der Waals surface area contributed by atoms with Crippen LogP contribution in [0.3, 0.4) is 0 Å². The Bertz CT molecular complexity index is 780. The number of fused-ring (bicyclic) bond motifs is 1. The van der Waals surface area contributed by atoms with Crippen molar-refractivity contribution in [3.63, 3.8) is 0 Å². The molecular formula is C22H27N3O. The van der Waals surface area contributed by atoms with Crippen molar-refractivity contribution >= 4 is 5.91 Å². The second-order valence-electron chi connectivity index (χ2n) is 7.58. The van der Waals surface area contributed by atoms with Gasteiger partial charge in [-0.05, 0) is 48.9 Å². The zero-order valence-corrected chi connectivity index (χ0v) is 15.5. The minimum absolute atomic E-state index is 0.162. The Morgan fingerprint density at radius 1 is 1.08 bits per heavy atom. The number of hydrogen-bond donors (Lipinski definition) is 0. The molecule has 0 radical (unpaired) electrons. The second kappa shape index (κ2) is 7.58. The molecular weight excluding hydrogens is 322 g/mol. The summed E-state index contributed by atoms with van der Waals surface area (Å²) in [5.41, 5.74) is 5.18. The lowest BCUT2D eigenvalue weighted by Crippen LogP contribution is -2.50. The molecule has 2 heterocycles. The summed E-state index contributed by atoms with van der Waals surface area (Å²) in [6, 6.07) is 12.7. The average Bonchev–Trinajstić information content (AvgIpc) is 2.69. The topological polar surface area (TPSA) is 36.4 Å². The van der Waals surface area contributed by atoms with Crippen LogP contribution in [0.25, 0.3) is 0 Å². The highest BCUT2D eigenvalue weighted by Crippen LogP contribution is 2.27. The number of benzene rings is 1. The van der Waals surface area contributed by atoms with Gasteiger partial charge in [-0.15, -0.1) is 0 Å². The molecule has 1 atom stereocenters. The second-order valence-corrected chi connectivity index (χ2v) is 7.58. The van der Waals surface area contributed by atoms with Crippen molar-refractivity contribution in [2.24, 2.45) is 5.92 Å². The number of aromatic nitrogens is 1. The molecule has 1 fully saturated rings. The molecule has 0 saturated carbocycles. The first-order valence-corrected chi connectivity index (χ1v) is 9.69. The summed E-state index contributed by atoms with van der Waals surface area (Å²) in [4.78, 5) is 22.0. The summed E-state index contributed by atoms with van der Waals surface area (Å²) in [6.45, 7) is 6.54. The fourth-order valence-corrected chi connectivity index (χ4v) is 4.19. The van der Waals surface area contributed by atoms with Gasteiger partial charge >= 0.3 is 0 Å². The van der Waals surface area contributed by atoms with Crippen LogP contribution in [-0.2, 0) is 24.2 Å². The maximum absolute atomic E-state index is 13.0. The fraction of sp³-hybridized carbons (Fsp3) is 0.455. The summed E-state index contributed by atoms with van der Waals surface area (Å²) in [5, 5.41) is 0. The molecule has 0 spiro atoms. The van der Waals surface area contributed by atoms with Crippen LogP contribution < -0.4 is 0 Å². The molecule has 2 aliphatic rings. The smallest absolute Gasteiger partial charge is 0.226 e. The van der Waals surface area contributed by atoms with Crippen LogP contribution in [0, 0.1) is 12.8 Å². The predicted molar refractivity (Wildman–Crippen MR) is 103 cm³/mol. The highest BCUT2D eigenvalue weighted by molar-refractivity contribution is 5.79. The summed E-state index contributed by atoms with van der Waals surface area (Å²) in [7, 11) is 0. The van der Waals surface area contributed by atoms with Crippen molar-refractivity contribution in [3.8, 4) is 0 Å². The van der Waals surface area contributed by atoms with Crippen LogP contribution in [0.2, 0.25) is 0 Å². The standard InChI is InChI=1S/C22H27N3O/c1-17-5-4-10-23-21(17)16-24-11-13-25(14-12-24)22(26)20-9-8-18-6-2-3-7-19(18)15-20/h2-7,10,20H,8-9,11-16H2,1H3/t20-/m1/s1. The number of carbonyl (C=O) groups is 1. The molecule has 0 bridgehead atoms. The van der Waals surface area contributed by atoms with Gasteiger partial charge in [0.2, 0.25) is 5.91 Å². The lowest BCUT2D eigenvalue weighted by Gasteiger charge is -2.37. The number of hydrogen-bond acceptors (Lipinski definition) is 3. The van der Waals surface area contributed by atoms with Gasteiger partial charge in [-0.1, -0.05) is 30.3 Å². The van der Waals surface area contributed by atoms with Crippen LogP contribution in [0.4, 0.5) is 0 Å². The average molecular weight is 349 g/mol. The minimum Gasteiger partial charge on any atom is -0.340 e. The molecule has 1 aromatic carbocycles. The van der Waals surface area contributed by atoms with Gasteiger partial charge in [0.1, 0.15) is 0 Å². The number of aryl methyl sites for hydroxylation is 2. The van der Waals surface area contributed by atoms with E-state index >= 15 is 0 Å². The third-order valence-electron chi connectivity index (χ3n) is 5.87. The van der Waals surface area contributed by atoms with E-state index in [1.54, 1.807) is 0 Å². The lowest BCUT2D eigenvalue weighted by atomic mass is 9.83. The Kier molecular flexibility index (Phi) is 5.02. The third kappa shape index (κ3) is 3.65. The van der Waals surface area contributed by atoms with E-state index in [1.807, 2.05) is 12.3 Å².